The summed E-state index contributed by atoms with van der Waals surface area (Å²) >= 11 is 0. The maximum Gasteiger partial charge on any atom is 0.191 e. The van der Waals surface area contributed by atoms with Crippen LogP contribution in [0.15, 0.2) is 4.99 Å². The van der Waals surface area contributed by atoms with E-state index in [9.17, 15) is 0 Å². The molecular weight excluding hydrogens is 313 g/mol. The van der Waals surface area contributed by atoms with E-state index in [4.69, 9.17) is 5.73 Å². The molecule has 0 aromatic rings. The number of guanidine groups is 1. The standard InChI is InChI=1S/C12H23N3.HI/c1-12(7-3-4-8-12)9-14-11(13)15(2)10-5-6-10;/h10H,3-9H2,1-2H3,(H2,13,14);1H. The van der Waals surface area contributed by atoms with Crippen LogP contribution in [0.5, 0.6) is 0 Å². The van der Waals surface area contributed by atoms with Gasteiger partial charge < -0.3 is 10.6 Å². The molecule has 0 spiro atoms. The van der Waals surface area contributed by atoms with Gasteiger partial charge in [0.05, 0.1) is 0 Å². The van der Waals surface area contributed by atoms with E-state index in [-0.39, 0.29) is 24.0 Å². The smallest absolute Gasteiger partial charge is 0.191 e. The van der Waals surface area contributed by atoms with E-state index in [1.165, 1.54) is 38.5 Å². The molecule has 0 heterocycles. The fourth-order valence-electron chi connectivity index (χ4n) is 2.42. The summed E-state index contributed by atoms with van der Waals surface area (Å²) in [7, 11) is 2.06. The normalized spacial score (nSPS) is 24.0. The van der Waals surface area contributed by atoms with Crippen molar-refractivity contribution in [2.75, 3.05) is 13.6 Å². The monoisotopic (exact) mass is 337 g/mol. The zero-order valence-corrected chi connectivity index (χ0v) is 12.7. The summed E-state index contributed by atoms with van der Waals surface area (Å²) in [6, 6.07) is 0.671. The third-order valence-corrected chi connectivity index (χ3v) is 3.89. The lowest BCUT2D eigenvalue weighted by Crippen LogP contribution is -2.36. The molecule has 0 aromatic carbocycles. The molecule has 0 saturated heterocycles. The van der Waals surface area contributed by atoms with E-state index in [0.717, 1.165) is 12.5 Å². The summed E-state index contributed by atoms with van der Waals surface area (Å²) in [5.41, 5.74) is 6.40. The Labute approximate surface area is 116 Å². The van der Waals surface area contributed by atoms with Crippen LogP contribution in [0.3, 0.4) is 0 Å². The molecule has 0 unspecified atom stereocenters. The minimum Gasteiger partial charge on any atom is -0.370 e. The van der Waals surface area contributed by atoms with Gasteiger partial charge in [-0.3, -0.25) is 4.99 Å². The maximum atomic E-state index is 5.97. The average Bonchev–Trinajstić information content (AvgIpc) is 2.98. The summed E-state index contributed by atoms with van der Waals surface area (Å²) in [6.45, 7) is 3.25. The molecule has 16 heavy (non-hydrogen) atoms. The highest BCUT2D eigenvalue weighted by Gasteiger charge is 2.30. The van der Waals surface area contributed by atoms with Gasteiger partial charge in [-0.1, -0.05) is 19.8 Å². The maximum absolute atomic E-state index is 5.97. The van der Waals surface area contributed by atoms with Gasteiger partial charge in [-0.05, 0) is 31.1 Å². The van der Waals surface area contributed by atoms with Crippen molar-refractivity contribution in [3.63, 3.8) is 0 Å². The first-order valence-electron chi connectivity index (χ1n) is 6.13. The van der Waals surface area contributed by atoms with Crippen LogP contribution in [0, 0.1) is 5.41 Å². The average molecular weight is 337 g/mol. The minimum atomic E-state index is 0. The quantitative estimate of drug-likeness (QED) is 0.489. The molecule has 2 rings (SSSR count). The van der Waals surface area contributed by atoms with Crippen LogP contribution >= 0.6 is 24.0 Å². The van der Waals surface area contributed by atoms with Crippen LogP contribution in [0.1, 0.15) is 45.4 Å². The van der Waals surface area contributed by atoms with Gasteiger partial charge in [-0.2, -0.15) is 0 Å². The predicted octanol–water partition coefficient (Wildman–Crippen LogP) is 2.59. The zero-order chi connectivity index (χ0) is 10.9. The molecule has 4 heteroatoms. The molecule has 2 fully saturated rings. The molecule has 94 valence electrons. The molecule has 3 nitrogen and oxygen atoms in total. The summed E-state index contributed by atoms with van der Waals surface area (Å²) in [5.74, 6) is 0.741. The Kier molecular flexibility index (Phi) is 4.88. The third kappa shape index (κ3) is 3.50. The Bertz CT molecular complexity index is 255. The molecule has 0 radical (unpaired) electrons. The van der Waals surface area contributed by atoms with Crippen molar-refractivity contribution in [3.05, 3.63) is 0 Å². The van der Waals surface area contributed by atoms with Crippen molar-refractivity contribution in [1.82, 2.24) is 4.90 Å². The van der Waals surface area contributed by atoms with Gasteiger partial charge in [-0.25, -0.2) is 0 Å². The number of nitrogens with zero attached hydrogens (tertiary/aromatic N) is 2. The van der Waals surface area contributed by atoms with Crippen molar-refractivity contribution in [3.8, 4) is 0 Å². The number of halogens is 1. The van der Waals surface area contributed by atoms with Gasteiger partial charge in [0.15, 0.2) is 5.96 Å². The third-order valence-electron chi connectivity index (χ3n) is 3.89. The topological polar surface area (TPSA) is 41.6 Å². The zero-order valence-electron chi connectivity index (χ0n) is 10.4. The summed E-state index contributed by atoms with van der Waals surface area (Å²) < 4.78 is 0. The first kappa shape index (κ1) is 14.1. The van der Waals surface area contributed by atoms with E-state index in [2.05, 4.69) is 23.9 Å². The van der Waals surface area contributed by atoms with Gasteiger partial charge >= 0.3 is 0 Å². The first-order valence-corrected chi connectivity index (χ1v) is 6.13. The van der Waals surface area contributed by atoms with Crippen LogP contribution in [-0.4, -0.2) is 30.5 Å². The highest BCUT2D eigenvalue weighted by Crippen LogP contribution is 2.37. The summed E-state index contributed by atoms with van der Waals surface area (Å²) in [5, 5.41) is 0. The van der Waals surface area contributed by atoms with E-state index in [1.807, 2.05) is 0 Å². The molecule has 2 aliphatic carbocycles. The Hall–Kier alpha value is 0. The number of rotatable bonds is 3. The van der Waals surface area contributed by atoms with Crippen molar-refractivity contribution in [2.24, 2.45) is 16.1 Å². The molecule has 0 aliphatic heterocycles. The largest absolute Gasteiger partial charge is 0.370 e. The fourth-order valence-corrected chi connectivity index (χ4v) is 2.42. The summed E-state index contributed by atoms with van der Waals surface area (Å²) in [4.78, 5) is 6.70. The molecule has 0 bridgehead atoms. The highest BCUT2D eigenvalue weighted by atomic mass is 127. The number of nitrogens with two attached hydrogens (primary N) is 1. The Balaban J connectivity index is 0.00000128. The van der Waals surface area contributed by atoms with Gasteiger partial charge in [0.25, 0.3) is 0 Å². The molecule has 2 aliphatic rings. The Morgan fingerprint density at radius 3 is 2.44 bits per heavy atom. The van der Waals surface area contributed by atoms with Crippen molar-refractivity contribution in [2.45, 2.75) is 51.5 Å². The number of aliphatic imine (C=N–C) groups is 1. The van der Waals surface area contributed by atoms with Gasteiger partial charge in [0.1, 0.15) is 0 Å². The lowest BCUT2D eigenvalue weighted by Gasteiger charge is -2.23. The molecule has 0 amide bonds. The van der Waals surface area contributed by atoms with Crippen molar-refractivity contribution >= 4 is 29.9 Å². The second-order valence-electron chi connectivity index (χ2n) is 5.53. The van der Waals surface area contributed by atoms with Crippen LogP contribution in [0.25, 0.3) is 0 Å². The van der Waals surface area contributed by atoms with Crippen LogP contribution in [0.4, 0.5) is 0 Å². The molecule has 0 atom stereocenters. The Morgan fingerprint density at radius 1 is 1.38 bits per heavy atom. The van der Waals surface area contributed by atoms with Crippen LogP contribution in [0.2, 0.25) is 0 Å². The predicted molar refractivity (Wildman–Crippen MR) is 79.3 cm³/mol. The highest BCUT2D eigenvalue weighted by molar-refractivity contribution is 14.0. The van der Waals surface area contributed by atoms with E-state index in [0.29, 0.717) is 11.5 Å². The van der Waals surface area contributed by atoms with Crippen LogP contribution < -0.4 is 5.73 Å². The lowest BCUT2D eigenvalue weighted by molar-refractivity contribution is 0.348. The van der Waals surface area contributed by atoms with Crippen molar-refractivity contribution in [1.29, 1.82) is 0 Å². The van der Waals surface area contributed by atoms with Gasteiger partial charge in [-0.15, -0.1) is 24.0 Å². The lowest BCUT2D eigenvalue weighted by atomic mass is 9.89. The molecule has 0 aromatic heterocycles. The molecular formula is C12H24IN3. The SMILES string of the molecule is CN(C(N)=NCC1(C)CCCC1)C1CC1.I. The second-order valence-corrected chi connectivity index (χ2v) is 5.53. The fraction of sp³-hybridized carbons (Fsp3) is 0.917. The molecule has 2 saturated carbocycles. The first-order chi connectivity index (χ1) is 7.11. The van der Waals surface area contributed by atoms with Crippen LogP contribution in [-0.2, 0) is 0 Å². The number of hydrogen-bond acceptors (Lipinski definition) is 1. The number of hydrogen-bond donors (Lipinski definition) is 1. The van der Waals surface area contributed by atoms with E-state index < -0.39 is 0 Å². The van der Waals surface area contributed by atoms with E-state index in [1.54, 1.807) is 0 Å². The Morgan fingerprint density at radius 2 is 1.94 bits per heavy atom. The second kappa shape index (κ2) is 5.56. The van der Waals surface area contributed by atoms with Gasteiger partial charge in [0.2, 0.25) is 0 Å². The minimum absolute atomic E-state index is 0. The molecule has 2 N–H and O–H groups in total. The van der Waals surface area contributed by atoms with Crippen molar-refractivity contribution < 1.29 is 0 Å². The van der Waals surface area contributed by atoms with Gasteiger partial charge in [0, 0.05) is 19.6 Å². The summed E-state index contributed by atoms with van der Waals surface area (Å²) in [6.07, 6.45) is 7.93. The van der Waals surface area contributed by atoms with E-state index >= 15 is 0 Å².